The van der Waals surface area contributed by atoms with Crippen LogP contribution in [0.25, 0.3) is 0 Å². The predicted octanol–water partition coefficient (Wildman–Crippen LogP) is 1.66. The monoisotopic (exact) mass is 205 g/mol. The quantitative estimate of drug-likeness (QED) is 0.789. The van der Waals surface area contributed by atoms with Crippen molar-refractivity contribution in [3.8, 4) is 0 Å². The fraction of sp³-hybridized carbons (Fsp3) is 0.417. The van der Waals surface area contributed by atoms with Crippen molar-refractivity contribution in [2.24, 2.45) is 0 Å². The first-order valence-corrected chi connectivity index (χ1v) is 5.16. The van der Waals surface area contributed by atoms with E-state index in [2.05, 4.69) is 5.32 Å². The molecule has 1 aromatic rings. The Balaban J connectivity index is 2.26. The van der Waals surface area contributed by atoms with E-state index in [1.807, 2.05) is 31.2 Å². The zero-order chi connectivity index (χ0) is 10.9. The first kappa shape index (κ1) is 10.2. The van der Waals surface area contributed by atoms with Gasteiger partial charge in [-0.1, -0.05) is 29.8 Å². The van der Waals surface area contributed by atoms with Crippen LogP contribution in [-0.4, -0.2) is 17.6 Å². The third kappa shape index (κ3) is 1.88. The third-order valence-electron chi connectivity index (χ3n) is 3.07. The van der Waals surface area contributed by atoms with E-state index < -0.39 is 5.97 Å². The molecule has 1 fully saturated rings. The van der Waals surface area contributed by atoms with Crippen LogP contribution in [0.4, 0.5) is 0 Å². The zero-order valence-corrected chi connectivity index (χ0v) is 8.79. The first-order valence-electron chi connectivity index (χ1n) is 5.16. The summed E-state index contributed by atoms with van der Waals surface area (Å²) in [6.45, 7) is 2.93. The Kier molecular flexibility index (Phi) is 2.49. The van der Waals surface area contributed by atoms with Crippen molar-refractivity contribution in [1.82, 2.24) is 5.32 Å². The summed E-state index contributed by atoms with van der Waals surface area (Å²) in [5.41, 5.74) is 1.96. The summed E-state index contributed by atoms with van der Waals surface area (Å²) in [7, 11) is 0. The second kappa shape index (κ2) is 3.66. The maximum absolute atomic E-state index is 10.8. The van der Waals surface area contributed by atoms with E-state index >= 15 is 0 Å². The molecule has 3 heteroatoms. The fourth-order valence-corrected chi connectivity index (χ4v) is 2.06. The average Bonchev–Trinajstić information content (AvgIpc) is 2.13. The van der Waals surface area contributed by atoms with Gasteiger partial charge in [0.15, 0.2) is 0 Å². The predicted molar refractivity (Wildman–Crippen MR) is 57.7 cm³/mol. The van der Waals surface area contributed by atoms with Gasteiger partial charge in [0.25, 0.3) is 0 Å². The van der Waals surface area contributed by atoms with Crippen LogP contribution in [0.2, 0.25) is 0 Å². The lowest BCUT2D eigenvalue weighted by atomic mass is 9.78. The topological polar surface area (TPSA) is 49.3 Å². The van der Waals surface area contributed by atoms with Gasteiger partial charge in [0, 0.05) is 0 Å². The highest BCUT2D eigenvalue weighted by Crippen LogP contribution is 2.34. The van der Waals surface area contributed by atoms with E-state index in [-0.39, 0.29) is 12.0 Å². The maximum Gasteiger partial charge on any atom is 0.305 e. The van der Waals surface area contributed by atoms with E-state index in [1.54, 1.807) is 0 Å². The summed E-state index contributed by atoms with van der Waals surface area (Å²) < 4.78 is 0. The molecule has 3 nitrogen and oxygen atoms in total. The molecule has 2 rings (SSSR count). The van der Waals surface area contributed by atoms with Crippen molar-refractivity contribution >= 4 is 5.97 Å². The molecular weight excluding hydrogens is 190 g/mol. The molecule has 15 heavy (non-hydrogen) atoms. The molecule has 1 heterocycles. The minimum atomic E-state index is -0.747. The van der Waals surface area contributed by atoms with Gasteiger partial charge in [0.2, 0.25) is 0 Å². The molecule has 0 bridgehead atoms. The molecule has 1 aliphatic rings. The lowest BCUT2D eigenvalue weighted by Crippen LogP contribution is -2.55. The highest BCUT2D eigenvalue weighted by molar-refractivity contribution is 5.69. The van der Waals surface area contributed by atoms with Crippen molar-refractivity contribution < 1.29 is 9.90 Å². The van der Waals surface area contributed by atoms with Crippen molar-refractivity contribution in [2.45, 2.75) is 25.3 Å². The van der Waals surface area contributed by atoms with Crippen LogP contribution in [-0.2, 0) is 10.3 Å². The Morgan fingerprint density at radius 3 is 2.47 bits per heavy atom. The number of hydrogen-bond acceptors (Lipinski definition) is 2. The molecule has 2 N–H and O–H groups in total. The summed E-state index contributed by atoms with van der Waals surface area (Å²) in [6, 6.07) is 8.09. The van der Waals surface area contributed by atoms with Gasteiger partial charge in [0.1, 0.15) is 0 Å². The molecule has 0 saturated carbocycles. The number of aliphatic carboxylic acids is 1. The summed E-state index contributed by atoms with van der Waals surface area (Å²) in [6.07, 6.45) is 1.07. The van der Waals surface area contributed by atoms with E-state index in [0.29, 0.717) is 0 Å². The first-order chi connectivity index (χ1) is 7.12. The largest absolute Gasteiger partial charge is 0.481 e. The highest BCUT2D eigenvalue weighted by Gasteiger charge is 2.39. The normalized spacial score (nSPS) is 24.6. The van der Waals surface area contributed by atoms with Crippen molar-refractivity contribution in [3.63, 3.8) is 0 Å². The molecule has 1 unspecified atom stereocenters. The molecule has 1 aromatic carbocycles. The SMILES string of the molecule is Cc1ccc(C2(CC(=O)O)CCN2)cc1. The van der Waals surface area contributed by atoms with Crippen molar-refractivity contribution in [2.75, 3.05) is 6.54 Å². The Labute approximate surface area is 89.1 Å². The molecule has 1 aliphatic heterocycles. The van der Waals surface area contributed by atoms with Gasteiger partial charge in [-0.15, -0.1) is 0 Å². The number of hydrogen-bond donors (Lipinski definition) is 2. The number of rotatable bonds is 3. The standard InChI is InChI=1S/C12H15NO2/c1-9-2-4-10(5-3-9)12(6-7-13-12)8-11(14)15/h2-5,13H,6-8H2,1H3,(H,14,15). The average molecular weight is 205 g/mol. The smallest absolute Gasteiger partial charge is 0.305 e. The van der Waals surface area contributed by atoms with E-state index in [0.717, 1.165) is 18.5 Å². The van der Waals surface area contributed by atoms with Gasteiger partial charge in [0.05, 0.1) is 12.0 Å². The van der Waals surface area contributed by atoms with Gasteiger partial charge in [-0.3, -0.25) is 4.79 Å². The van der Waals surface area contributed by atoms with Crippen LogP contribution in [0.15, 0.2) is 24.3 Å². The minimum Gasteiger partial charge on any atom is -0.481 e. The Bertz CT molecular complexity index is 366. The van der Waals surface area contributed by atoms with Crippen LogP contribution in [0, 0.1) is 6.92 Å². The molecule has 0 aliphatic carbocycles. The zero-order valence-electron chi connectivity index (χ0n) is 8.79. The molecule has 1 saturated heterocycles. The van der Waals surface area contributed by atoms with Crippen LogP contribution < -0.4 is 5.32 Å². The summed E-state index contributed by atoms with van der Waals surface area (Å²) in [4.78, 5) is 10.8. The molecule has 0 radical (unpaired) electrons. The van der Waals surface area contributed by atoms with Gasteiger partial charge in [-0.25, -0.2) is 0 Å². The van der Waals surface area contributed by atoms with E-state index in [4.69, 9.17) is 5.11 Å². The summed E-state index contributed by atoms with van der Waals surface area (Å²) in [5, 5.41) is 12.1. The molecule has 0 amide bonds. The van der Waals surface area contributed by atoms with Gasteiger partial charge >= 0.3 is 5.97 Å². The van der Waals surface area contributed by atoms with Gasteiger partial charge < -0.3 is 10.4 Å². The van der Waals surface area contributed by atoms with Gasteiger partial charge in [-0.05, 0) is 25.5 Å². The lowest BCUT2D eigenvalue weighted by molar-refractivity contribution is -0.139. The van der Waals surface area contributed by atoms with E-state index in [9.17, 15) is 4.79 Å². The molecular formula is C12H15NO2. The Morgan fingerprint density at radius 2 is 2.07 bits per heavy atom. The van der Waals surface area contributed by atoms with Crippen molar-refractivity contribution in [3.05, 3.63) is 35.4 Å². The molecule has 0 aromatic heterocycles. The number of carboxylic acids is 1. The van der Waals surface area contributed by atoms with Crippen LogP contribution in [0.1, 0.15) is 24.0 Å². The number of carbonyl (C=O) groups is 1. The number of aryl methyl sites for hydroxylation is 1. The lowest BCUT2D eigenvalue weighted by Gasteiger charge is -2.42. The maximum atomic E-state index is 10.8. The van der Waals surface area contributed by atoms with Gasteiger partial charge in [-0.2, -0.15) is 0 Å². The minimum absolute atomic E-state index is 0.163. The number of benzene rings is 1. The molecule has 80 valence electrons. The Hall–Kier alpha value is -1.35. The third-order valence-corrected chi connectivity index (χ3v) is 3.07. The van der Waals surface area contributed by atoms with Crippen LogP contribution in [0.5, 0.6) is 0 Å². The fourth-order valence-electron chi connectivity index (χ4n) is 2.06. The molecule has 1 atom stereocenters. The molecule has 0 spiro atoms. The second-order valence-corrected chi connectivity index (χ2v) is 4.20. The van der Waals surface area contributed by atoms with Crippen LogP contribution >= 0.6 is 0 Å². The summed E-state index contributed by atoms with van der Waals surface area (Å²) in [5.74, 6) is -0.747. The van der Waals surface area contributed by atoms with Crippen LogP contribution in [0.3, 0.4) is 0 Å². The summed E-state index contributed by atoms with van der Waals surface area (Å²) >= 11 is 0. The van der Waals surface area contributed by atoms with Crippen molar-refractivity contribution in [1.29, 1.82) is 0 Å². The number of nitrogens with one attached hydrogen (secondary N) is 1. The highest BCUT2D eigenvalue weighted by atomic mass is 16.4. The number of carboxylic acid groups (broad SMARTS) is 1. The Morgan fingerprint density at radius 1 is 1.47 bits per heavy atom. The second-order valence-electron chi connectivity index (χ2n) is 4.20. The van der Waals surface area contributed by atoms with E-state index in [1.165, 1.54) is 5.56 Å².